The van der Waals surface area contributed by atoms with Crippen molar-refractivity contribution in [3.05, 3.63) is 42.1 Å². The van der Waals surface area contributed by atoms with Crippen molar-refractivity contribution in [1.29, 1.82) is 0 Å². The highest BCUT2D eigenvalue weighted by Crippen LogP contribution is 2.17. The van der Waals surface area contributed by atoms with Crippen LogP contribution in [0.5, 0.6) is 0 Å². The molecule has 2 aromatic rings. The number of carbonyl (C=O) groups excluding carboxylic acids is 2. The van der Waals surface area contributed by atoms with E-state index in [1.807, 2.05) is 30.3 Å². The highest BCUT2D eigenvalue weighted by molar-refractivity contribution is 5.88. The van der Waals surface area contributed by atoms with Gasteiger partial charge in [0.1, 0.15) is 0 Å². The quantitative estimate of drug-likeness (QED) is 0.875. The number of hydrogen-bond donors (Lipinski definition) is 2. The Bertz CT molecular complexity index is 714. The summed E-state index contributed by atoms with van der Waals surface area (Å²) in [6, 6.07) is 9.58. The lowest BCUT2D eigenvalue weighted by atomic mass is 9.98. The van der Waals surface area contributed by atoms with Gasteiger partial charge in [-0.05, 0) is 18.4 Å². The summed E-state index contributed by atoms with van der Waals surface area (Å²) in [5, 5.41) is 10.7. The van der Waals surface area contributed by atoms with E-state index >= 15 is 0 Å². The Morgan fingerprint density at radius 3 is 2.83 bits per heavy atom. The number of primary amides is 1. The number of carbonyl (C=O) groups is 2. The van der Waals surface area contributed by atoms with Crippen LogP contribution in [0.15, 0.2) is 36.5 Å². The van der Waals surface area contributed by atoms with Crippen LogP contribution >= 0.6 is 0 Å². The molecule has 126 valence electrons. The molecule has 8 heteroatoms. The van der Waals surface area contributed by atoms with Crippen molar-refractivity contribution in [2.45, 2.75) is 19.4 Å². The Kier molecular flexibility index (Phi) is 4.74. The molecule has 0 aliphatic carbocycles. The first-order valence-corrected chi connectivity index (χ1v) is 7.91. The van der Waals surface area contributed by atoms with Gasteiger partial charge in [0, 0.05) is 13.1 Å². The van der Waals surface area contributed by atoms with Crippen molar-refractivity contribution < 1.29 is 9.59 Å². The van der Waals surface area contributed by atoms with Gasteiger partial charge in [0.25, 0.3) is 0 Å². The Balaban J connectivity index is 1.58. The van der Waals surface area contributed by atoms with Crippen LogP contribution in [-0.2, 0) is 11.3 Å². The lowest BCUT2D eigenvalue weighted by molar-refractivity contribution is -0.123. The van der Waals surface area contributed by atoms with Gasteiger partial charge in [0.05, 0.1) is 18.7 Å². The molecule has 3 rings (SSSR count). The van der Waals surface area contributed by atoms with Gasteiger partial charge in [0.2, 0.25) is 5.91 Å². The molecule has 3 N–H and O–H groups in total. The van der Waals surface area contributed by atoms with Gasteiger partial charge < -0.3 is 10.6 Å². The molecule has 0 radical (unpaired) electrons. The molecule has 24 heavy (non-hydrogen) atoms. The van der Waals surface area contributed by atoms with E-state index in [2.05, 4.69) is 15.6 Å². The number of benzene rings is 1. The van der Waals surface area contributed by atoms with Crippen molar-refractivity contribution in [1.82, 2.24) is 19.9 Å². The number of piperidine rings is 1. The van der Waals surface area contributed by atoms with E-state index in [0.717, 1.165) is 18.4 Å². The molecule has 3 amide bonds. The summed E-state index contributed by atoms with van der Waals surface area (Å²) in [5.41, 5.74) is 6.43. The number of likely N-dealkylation sites (tertiary alicyclic amines) is 1. The van der Waals surface area contributed by atoms with Crippen molar-refractivity contribution in [3.63, 3.8) is 0 Å². The number of aromatic nitrogens is 3. The summed E-state index contributed by atoms with van der Waals surface area (Å²) in [7, 11) is 0. The highest BCUT2D eigenvalue weighted by Gasteiger charge is 2.27. The van der Waals surface area contributed by atoms with E-state index in [9.17, 15) is 9.59 Å². The number of nitrogens with zero attached hydrogens (tertiary/aromatic N) is 4. The van der Waals surface area contributed by atoms with E-state index in [1.165, 1.54) is 0 Å². The van der Waals surface area contributed by atoms with Crippen molar-refractivity contribution in [2.24, 2.45) is 11.7 Å². The van der Waals surface area contributed by atoms with E-state index in [4.69, 9.17) is 5.73 Å². The van der Waals surface area contributed by atoms with Crippen LogP contribution in [0, 0.1) is 5.92 Å². The second-order valence-electron chi connectivity index (χ2n) is 5.90. The predicted molar refractivity (Wildman–Crippen MR) is 88.1 cm³/mol. The average molecular weight is 328 g/mol. The number of urea groups is 1. The molecule has 1 saturated heterocycles. The smallest absolute Gasteiger partial charge is 0.323 e. The van der Waals surface area contributed by atoms with Crippen LogP contribution < -0.4 is 11.1 Å². The summed E-state index contributed by atoms with van der Waals surface area (Å²) in [6.45, 7) is 1.53. The Morgan fingerprint density at radius 1 is 1.29 bits per heavy atom. The minimum Gasteiger partial charge on any atom is -0.369 e. The monoisotopic (exact) mass is 328 g/mol. The van der Waals surface area contributed by atoms with Crippen molar-refractivity contribution >= 4 is 17.8 Å². The topological polar surface area (TPSA) is 106 Å². The van der Waals surface area contributed by atoms with Gasteiger partial charge in [-0.25, -0.2) is 9.48 Å². The maximum atomic E-state index is 12.3. The Morgan fingerprint density at radius 2 is 2.08 bits per heavy atom. The van der Waals surface area contributed by atoms with Crippen molar-refractivity contribution in [3.8, 4) is 0 Å². The SMILES string of the molecule is NC(=O)[C@@H]1CCCN(C(=O)Nc2cn(Cc3ccccc3)nn2)C1. The fourth-order valence-corrected chi connectivity index (χ4v) is 2.79. The molecule has 0 bridgehead atoms. The third kappa shape index (κ3) is 3.89. The summed E-state index contributed by atoms with van der Waals surface area (Å²) >= 11 is 0. The molecule has 0 spiro atoms. The maximum Gasteiger partial charge on any atom is 0.323 e. The van der Waals surface area contributed by atoms with Gasteiger partial charge >= 0.3 is 6.03 Å². The fraction of sp³-hybridized carbons (Fsp3) is 0.375. The summed E-state index contributed by atoms with van der Waals surface area (Å²) < 4.78 is 1.66. The molecule has 8 nitrogen and oxygen atoms in total. The zero-order valence-electron chi connectivity index (χ0n) is 13.3. The first-order valence-electron chi connectivity index (χ1n) is 7.91. The van der Waals surface area contributed by atoms with E-state index < -0.39 is 0 Å². The highest BCUT2D eigenvalue weighted by atomic mass is 16.2. The van der Waals surface area contributed by atoms with Crippen LogP contribution in [0.4, 0.5) is 10.6 Å². The molecule has 1 aromatic carbocycles. The predicted octanol–water partition coefficient (Wildman–Crippen LogP) is 1.06. The van der Waals surface area contributed by atoms with Crippen LogP contribution in [-0.4, -0.2) is 44.9 Å². The molecule has 0 saturated carbocycles. The molecule has 1 aromatic heterocycles. The molecule has 2 heterocycles. The molecule has 1 aliphatic heterocycles. The van der Waals surface area contributed by atoms with Gasteiger partial charge in [0.15, 0.2) is 5.82 Å². The third-order valence-corrected chi connectivity index (χ3v) is 4.07. The Labute approximate surface area is 139 Å². The molecule has 1 aliphatic rings. The molecular weight excluding hydrogens is 308 g/mol. The molecule has 1 fully saturated rings. The van der Waals surface area contributed by atoms with E-state index in [-0.39, 0.29) is 17.9 Å². The average Bonchev–Trinajstić information content (AvgIpc) is 3.02. The van der Waals surface area contributed by atoms with Gasteiger partial charge in [-0.3, -0.25) is 10.1 Å². The number of amides is 3. The zero-order valence-corrected chi connectivity index (χ0v) is 13.3. The minimum atomic E-state index is -0.360. The third-order valence-electron chi connectivity index (χ3n) is 4.07. The standard InChI is InChI=1S/C16H20N6O2/c17-15(23)13-7-4-8-21(10-13)16(24)18-14-11-22(20-19-14)9-12-5-2-1-3-6-12/h1-3,5-6,11,13H,4,7-10H2,(H2,17,23)(H,18,24)/t13-/m1/s1. The first-order chi connectivity index (χ1) is 11.6. The second kappa shape index (κ2) is 7.12. The van der Waals surface area contributed by atoms with E-state index in [0.29, 0.717) is 25.5 Å². The fourth-order valence-electron chi connectivity index (χ4n) is 2.79. The van der Waals surface area contributed by atoms with Gasteiger partial charge in [-0.2, -0.15) is 0 Å². The summed E-state index contributed by atoms with van der Waals surface area (Å²) in [5.74, 6) is -0.253. The number of nitrogens with two attached hydrogens (primary N) is 1. The van der Waals surface area contributed by atoms with Gasteiger partial charge in [-0.15, -0.1) is 5.10 Å². The second-order valence-corrected chi connectivity index (χ2v) is 5.90. The largest absolute Gasteiger partial charge is 0.369 e. The van der Waals surface area contributed by atoms with Crippen LogP contribution in [0.3, 0.4) is 0 Å². The lowest BCUT2D eigenvalue weighted by Gasteiger charge is -2.30. The molecule has 0 unspecified atom stereocenters. The maximum absolute atomic E-state index is 12.3. The van der Waals surface area contributed by atoms with Crippen LogP contribution in [0.2, 0.25) is 0 Å². The number of anilines is 1. The van der Waals surface area contributed by atoms with E-state index in [1.54, 1.807) is 15.8 Å². The number of rotatable bonds is 4. The molecule has 1 atom stereocenters. The van der Waals surface area contributed by atoms with Crippen LogP contribution in [0.25, 0.3) is 0 Å². The minimum absolute atomic E-state index is 0.279. The Hall–Kier alpha value is -2.90. The number of nitrogens with one attached hydrogen (secondary N) is 1. The zero-order chi connectivity index (χ0) is 16.9. The lowest BCUT2D eigenvalue weighted by Crippen LogP contribution is -2.45. The van der Waals surface area contributed by atoms with Crippen molar-refractivity contribution in [2.75, 3.05) is 18.4 Å². The first kappa shape index (κ1) is 16.0. The van der Waals surface area contributed by atoms with Crippen LogP contribution in [0.1, 0.15) is 18.4 Å². The summed E-state index contributed by atoms with van der Waals surface area (Å²) in [4.78, 5) is 25.2. The normalized spacial score (nSPS) is 17.5. The number of hydrogen-bond acceptors (Lipinski definition) is 4. The summed E-state index contributed by atoms with van der Waals surface area (Å²) in [6.07, 6.45) is 3.18. The molecular formula is C16H20N6O2. The van der Waals surface area contributed by atoms with Gasteiger partial charge in [-0.1, -0.05) is 35.5 Å².